The van der Waals surface area contributed by atoms with E-state index in [2.05, 4.69) is 10.4 Å². The fourth-order valence-corrected chi connectivity index (χ4v) is 1.41. The van der Waals surface area contributed by atoms with Gasteiger partial charge in [0.25, 0.3) is 5.96 Å². The van der Waals surface area contributed by atoms with Crippen LogP contribution in [-0.2, 0) is 0 Å². The van der Waals surface area contributed by atoms with Crippen LogP contribution in [0.4, 0.5) is 5.69 Å². The van der Waals surface area contributed by atoms with E-state index in [0.29, 0.717) is 22.9 Å². The largest absolute Gasteiger partial charge is 0.493 e. The fourth-order valence-electron chi connectivity index (χ4n) is 1.41. The van der Waals surface area contributed by atoms with Gasteiger partial charge in [-0.2, -0.15) is 0 Å². The van der Waals surface area contributed by atoms with Gasteiger partial charge in [0.1, 0.15) is 5.10 Å². The summed E-state index contributed by atoms with van der Waals surface area (Å²) in [5, 5.41) is 14.7. The third-order valence-corrected chi connectivity index (χ3v) is 2.13. The highest BCUT2D eigenvalue weighted by Crippen LogP contribution is 2.39. The molecule has 104 valence electrons. The highest BCUT2D eigenvalue weighted by atomic mass is 16.7. The van der Waals surface area contributed by atoms with Crippen molar-refractivity contribution in [1.29, 1.82) is 0 Å². The summed E-state index contributed by atoms with van der Waals surface area (Å²) in [6.07, 6.45) is 0. The topological polar surface area (TPSA) is 121 Å². The molecule has 0 amide bonds. The van der Waals surface area contributed by atoms with Gasteiger partial charge in [-0.3, -0.25) is 0 Å². The van der Waals surface area contributed by atoms with Crippen LogP contribution in [0.1, 0.15) is 0 Å². The third kappa shape index (κ3) is 3.63. The summed E-state index contributed by atoms with van der Waals surface area (Å²) < 4.78 is 15.4. The zero-order valence-corrected chi connectivity index (χ0v) is 10.7. The van der Waals surface area contributed by atoms with Crippen LogP contribution >= 0.6 is 0 Å². The quantitative estimate of drug-likeness (QED) is 0.348. The maximum absolute atomic E-state index is 10.2. The first kappa shape index (κ1) is 14.4. The van der Waals surface area contributed by atoms with E-state index in [1.165, 1.54) is 21.3 Å². The Morgan fingerprint density at radius 2 is 1.79 bits per heavy atom. The van der Waals surface area contributed by atoms with Crippen LogP contribution in [0.3, 0.4) is 0 Å². The standard InChI is InChI=1S/C10H14N4O5/c1-17-7-4-6(12-10(11)13-14(15)16)5-8(18-2)9(7)19-3/h4-5H,1-3H3,(H3,11,12,13). The van der Waals surface area contributed by atoms with Crippen molar-refractivity contribution in [3.63, 3.8) is 0 Å². The van der Waals surface area contributed by atoms with Crippen LogP contribution < -0.4 is 25.3 Å². The van der Waals surface area contributed by atoms with E-state index in [1.54, 1.807) is 12.1 Å². The van der Waals surface area contributed by atoms with E-state index in [4.69, 9.17) is 19.9 Å². The molecule has 1 aromatic rings. The molecule has 0 aliphatic carbocycles. The number of methoxy groups -OCH3 is 3. The molecule has 0 aromatic heterocycles. The molecule has 0 radical (unpaired) electrons. The SMILES string of the molecule is COc1cc(N/C(N)=N\[N+](=O)[O-])cc(OC)c1OC. The van der Waals surface area contributed by atoms with Crippen molar-refractivity contribution in [3.8, 4) is 17.2 Å². The number of hydrogen-bond donors (Lipinski definition) is 2. The van der Waals surface area contributed by atoms with Gasteiger partial charge >= 0.3 is 0 Å². The normalized spacial score (nSPS) is 10.8. The predicted octanol–water partition coefficient (Wildman–Crippen LogP) is 0.631. The monoisotopic (exact) mass is 270 g/mol. The van der Waals surface area contributed by atoms with E-state index in [-0.39, 0.29) is 5.96 Å². The second-order valence-corrected chi connectivity index (χ2v) is 3.26. The molecule has 0 saturated carbocycles. The van der Waals surface area contributed by atoms with Crippen LogP contribution in [0.15, 0.2) is 17.2 Å². The second-order valence-electron chi connectivity index (χ2n) is 3.26. The summed E-state index contributed by atoms with van der Waals surface area (Å²) >= 11 is 0. The predicted molar refractivity (Wildman–Crippen MR) is 68.3 cm³/mol. The van der Waals surface area contributed by atoms with E-state index in [1.807, 2.05) is 0 Å². The molecule has 9 heteroatoms. The Morgan fingerprint density at radius 1 is 1.26 bits per heavy atom. The Morgan fingerprint density at radius 3 is 2.16 bits per heavy atom. The molecule has 0 atom stereocenters. The number of rotatable bonds is 5. The van der Waals surface area contributed by atoms with Gasteiger partial charge in [-0.05, 0) is 0 Å². The Kier molecular flexibility index (Phi) is 4.75. The number of guanidine groups is 1. The maximum Gasteiger partial charge on any atom is 0.270 e. The summed E-state index contributed by atoms with van der Waals surface area (Å²) in [5.41, 5.74) is 5.76. The minimum atomic E-state index is -0.902. The van der Waals surface area contributed by atoms with Crippen LogP contribution in [0.5, 0.6) is 17.2 Å². The Hall–Kier alpha value is -2.71. The lowest BCUT2D eigenvalue weighted by Crippen LogP contribution is -2.23. The number of hydrogen-bond acceptors (Lipinski definition) is 5. The molecular formula is C10H14N4O5. The molecule has 0 spiro atoms. The summed E-state index contributed by atoms with van der Waals surface area (Å²) in [7, 11) is 4.38. The molecule has 0 heterocycles. The van der Waals surface area contributed by atoms with Gasteiger partial charge in [0.05, 0.1) is 21.3 Å². The Balaban J connectivity index is 3.13. The van der Waals surface area contributed by atoms with Crippen LogP contribution in [0, 0.1) is 10.1 Å². The first-order valence-corrected chi connectivity index (χ1v) is 5.07. The molecule has 0 bridgehead atoms. The molecule has 1 aromatic carbocycles. The van der Waals surface area contributed by atoms with Crippen LogP contribution in [-0.4, -0.2) is 32.3 Å². The van der Waals surface area contributed by atoms with Gasteiger partial charge in [-0.15, -0.1) is 0 Å². The average Bonchev–Trinajstić information content (AvgIpc) is 2.36. The Labute approximate surface area is 109 Å². The highest BCUT2D eigenvalue weighted by Gasteiger charge is 2.14. The van der Waals surface area contributed by atoms with E-state index >= 15 is 0 Å². The van der Waals surface area contributed by atoms with Gasteiger partial charge in [0.15, 0.2) is 16.5 Å². The molecule has 0 fully saturated rings. The number of anilines is 1. The molecule has 3 N–H and O–H groups in total. The highest BCUT2D eigenvalue weighted by molar-refractivity contribution is 5.92. The van der Waals surface area contributed by atoms with Gasteiger partial charge in [-0.1, -0.05) is 0 Å². The summed E-state index contributed by atoms with van der Waals surface area (Å²) in [4.78, 5) is 10.2. The van der Waals surface area contributed by atoms with Crippen molar-refractivity contribution in [2.24, 2.45) is 10.8 Å². The van der Waals surface area contributed by atoms with Crippen LogP contribution in [0.2, 0.25) is 0 Å². The summed E-state index contributed by atoms with van der Waals surface area (Å²) in [5.74, 6) is 0.816. The number of nitrogens with zero attached hydrogens (tertiary/aromatic N) is 2. The summed E-state index contributed by atoms with van der Waals surface area (Å²) in [6.45, 7) is 0. The molecule has 0 aliphatic rings. The third-order valence-electron chi connectivity index (χ3n) is 2.13. The van der Waals surface area contributed by atoms with Crippen molar-refractivity contribution in [2.45, 2.75) is 0 Å². The zero-order chi connectivity index (χ0) is 14.4. The van der Waals surface area contributed by atoms with Gasteiger partial charge in [-0.25, -0.2) is 10.1 Å². The van der Waals surface area contributed by atoms with Crippen molar-refractivity contribution in [1.82, 2.24) is 0 Å². The van der Waals surface area contributed by atoms with Crippen molar-refractivity contribution < 1.29 is 19.2 Å². The number of nitrogens with two attached hydrogens (primary N) is 1. The minimum Gasteiger partial charge on any atom is -0.493 e. The maximum atomic E-state index is 10.2. The molecular weight excluding hydrogens is 256 g/mol. The first-order valence-electron chi connectivity index (χ1n) is 5.07. The number of hydrazone groups is 1. The average molecular weight is 270 g/mol. The van der Waals surface area contributed by atoms with E-state index < -0.39 is 5.03 Å². The fraction of sp³-hybridized carbons (Fsp3) is 0.300. The molecule has 1 rings (SSSR count). The molecule has 9 nitrogen and oxygen atoms in total. The number of nitrogens with one attached hydrogen (secondary N) is 1. The zero-order valence-electron chi connectivity index (χ0n) is 10.7. The van der Waals surface area contributed by atoms with Gasteiger partial charge in [0, 0.05) is 17.8 Å². The van der Waals surface area contributed by atoms with Gasteiger partial charge < -0.3 is 25.3 Å². The lowest BCUT2D eigenvalue weighted by Gasteiger charge is -2.14. The molecule has 0 unspecified atom stereocenters. The number of benzene rings is 1. The Bertz CT molecular complexity index is 478. The van der Waals surface area contributed by atoms with Crippen molar-refractivity contribution in [3.05, 3.63) is 22.2 Å². The van der Waals surface area contributed by atoms with E-state index in [0.717, 1.165) is 0 Å². The number of ether oxygens (including phenoxy) is 3. The molecule has 19 heavy (non-hydrogen) atoms. The smallest absolute Gasteiger partial charge is 0.270 e. The van der Waals surface area contributed by atoms with Crippen molar-refractivity contribution >= 4 is 11.6 Å². The lowest BCUT2D eigenvalue weighted by atomic mass is 10.2. The van der Waals surface area contributed by atoms with E-state index in [9.17, 15) is 10.1 Å². The minimum absolute atomic E-state index is 0.362. The molecule has 0 saturated heterocycles. The van der Waals surface area contributed by atoms with Gasteiger partial charge in [0.2, 0.25) is 5.75 Å². The molecule has 0 aliphatic heterocycles. The second kappa shape index (κ2) is 6.28. The van der Waals surface area contributed by atoms with Crippen LogP contribution in [0.25, 0.3) is 0 Å². The summed E-state index contributed by atoms with van der Waals surface area (Å²) in [6, 6.07) is 3.09. The number of nitro groups is 1. The first-order chi connectivity index (χ1) is 9.01. The van der Waals surface area contributed by atoms with Crippen molar-refractivity contribution in [2.75, 3.05) is 26.6 Å². The lowest BCUT2D eigenvalue weighted by molar-refractivity contribution is -0.485.